The summed E-state index contributed by atoms with van der Waals surface area (Å²) in [6.45, 7) is 0.138. The van der Waals surface area contributed by atoms with E-state index in [1.807, 2.05) is 6.07 Å². The van der Waals surface area contributed by atoms with Crippen molar-refractivity contribution in [1.82, 2.24) is 4.72 Å². The fourth-order valence-electron chi connectivity index (χ4n) is 1.44. The van der Waals surface area contributed by atoms with E-state index in [0.29, 0.717) is 19.3 Å². The molecule has 0 fully saturated rings. The van der Waals surface area contributed by atoms with Crippen LogP contribution in [0.1, 0.15) is 19.3 Å². The number of aromatic hydroxyl groups is 1. The molecule has 0 aliphatic heterocycles. The van der Waals surface area contributed by atoms with Crippen molar-refractivity contribution < 1.29 is 18.4 Å². The molecule has 0 heterocycles. The molecule has 8 nitrogen and oxygen atoms in total. The Bertz CT molecular complexity index is 636. The minimum absolute atomic E-state index is 0.138. The van der Waals surface area contributed by atoms with Gasteiger partial charge in [-0.3, -0.25) is 10.1 Å². The molecule has 0 aliphatic rings. The minimum atomic E-state index is -3.87. The summed E-state index contributed by atoms with van der Waals surface area (Å²) in [4.78, 5) is 9.48. The van der Waals surface area contributed by atoms with Crippen LogP contribution in [0, 0.1) is 21.4 Å². The molecule has 0 saturated carbocycles. The van der Waals surface area contributed by atoms with E-state index in [-0.39, 0.29) is 11.4 Å². The largest absolute Gasteiger partial charge is 0.502 e. The number of nitriles is 1. The van der Waals surface area contributed by atoms with Crippen LogP contribution in [-0.4, -0.2) is 25.0 Å². The van der Waals surface area contributed by atoms with Crippen molar-refractivity contribution in [3.8, 4) is 11.8 Å². The summed E-state index contributed by atoms with van der Waals surface area (Å²) >= 11 is 0. The first-order valence-corrected chi connectivity index (χ1v) is 7.21. The average Bonchev–Trinajstić information content (AvgIpc) is 2.38. The number of benzene rings is 1. The van der Waals surface area contributed by atoms with Crippen LogP contribution in [0.2, 0.25) is 0 Å². The van der Waals surface area contributed by atoms with Crippen molar-refractivity contribution in [3.05, 3.63) is 28.3 Å². The second-order valence-corrected chi connectivity index (χ2v) is 5.69. The van der Waals surface area contributed by atoms with Crippen LogP contribution in [0.15, 0.2) is 23.1 Å². The smallest absolute Gasteiger partial charge is 0.312 e. The topological polar surface area (TPSA) is 133 Å². The van der Waals surface area contributed by atoms with Crippen molar-refractivity contribution in [2.45, 2.75) is 24.2 Å². The lowest BCUT2D eigenvalue weighted by atomic mass is 10.2. The van der Waals surface area contributed by atoms with Gasteiger partial charge in [0.25, 0.3) is 0 Å². The Labute approximate surface area is 115 Å². The summed E-state index contributed by atoms with van der Waals surface area (Å²) in [7, 11) is -3.87. The van der Waals surface area contributed by atoms with Crippen molar-refractivity contribution in [2.24, 2.45) is 0 Å². The molecular weight excluding hydrogens is 286 g/mol. The number of hydrogen-bond donors (Lipinski definition) is 2. The minimum Gasteiger partial charge on any atom is -0.502 e. The molecule has 1 rings (SSSR count). The van der Waals surface area contributed by atoms with Gasteiger partial charge in [0.15, 0.2) is 5.75 Å². The van der Waals surface area contributed by atoms with Gasteiger partial charge in [0.1, 0.15) is 0 Å². The summed E-state index contributed by atoms with van der Waals surface area (Å²) in [6.07, 6.45) is 1.40. The molecule has 108 valence electrons. The average molecular weight is 299 g/mol. The van der Waals surface area contributed by atoms with Gasteiger partial charge in [-0.15, -0.1) is 0 Å². The molecule has 0 amide bonds. The number of hydrogen-bond acceptors (Lipinski definition) is 6. The molecule has 20 heavy (non-hydrogen) atoms. The molecule has 0 unspecified atom stereocenters. The van der Waals surface area contributed by atoms with E-state index in [9.17, 15) is 23.6 Å². The number of sulfonamides is 1. The first-order chi connectivity index (χ1) is 9.38. The molecule has 0 saturated heterocycles. The highest BCUT2D eigenvalue weighted by atomic mass is 32.2. The van der Waals surface area contributed by atoms with E-state index >= 15 is 0 Å². The Balaban J connectivity index is 2.80. The zero-order valence-electron chi connectivity index (χ0n) is 10.4. The SMILES string of the molecule is N#CCCCCNS(=O)(=O)c1ccc(O)c([N+](=O)[O-])c1. The highest BCUT2D eigenvalue weighted by molar-refractivity contribution is 7.89. The standard InChI is InChI=1S/C11H13N3O5S/c12-6-2-1-3-7-13-20(18,19)9-4-5-11(15)10(8-9)14(16)17/h4-5,8,13,15H,1-3,7H2. The third-order valence-corrected chi connectivity index (χ3v) is 3.92. The number of nitro groups is 1. The maximum absolute atomic E-state index is 11.9. The van der Waals surface area contributed by atoms with E-state index in [1.165, 1.54) is 0 Å². The molecule has 0 aliphatic carbocycles. The Morgan fingerprint density at radius 1 is 1.40 bits per heavy atom. The van der Waals surface area contributed by atoms with Crippen LogP contribution < -0.4 is 4.72 Å². The van der Waals surface area contributed by atoms with Crippen LogP contribution in [0.5, 0.6) is 5.75 Å². The van der Waals surface area contributed by atoms with Crippen molar-refractivity contribution in [3.63, 3.8) is 0 Å². The fraction of sp³-hybridized carbons (Fsp3) is 0.364. The Hall–Kier alpha value is -2.18. The number of nitrogens with one attached hydrogen (secondary N) is 1. The second kappa shape index (κ2) is 6.83. The van der Waals surface area contributed by atoms with E-state index < -0.39 is 26.4 Å². The monoisotopic (exact) mass is 299 g/mol. The summed E-state index contributed by atoms with van der Waals surface area (Å²) in [5.41, 5.74) is -0.669. The molecule has 9 heteroatoms. The molecular formula is C11H13N3O5S. The molecule has 1 aromatic rings. The lowest BCUT2D eigenvalue weighted by Crippen LogP contribution is -2.24. The van der Waals surface area contributed by atoms with Gasteiger partial charge >= 0.3 is 5.69 Å². The molecule has 0 atom stereocenters. The van der Waals surface area contributed by atoms with Crippen LogP contribution in [0.25, 0.3) is 0 Å². The number of rotatable bonds is 7. The van der Waals surface area contributed by atoms with Gasteiger partial charge in [-0.25, -0.2) is 13.1 Å². The van der Waals surface area contributed by atoms with Crippen LogP contribution in [-0.2, 0) is 10.0 Å². The van der Waals surface area contributed by atoms with Crippen molar-refractivity contribution in [1.29, 1.82) is 5.26 Å². The summed E-state index contributed by atoms with van der Waals surface area (Å²) in [6, 6.07) is 4.79. The number of phenols is 1. The Kier molecular flexibility index (Phi) is 5.42. The first-order valence-electron chi connectivity index (χ1n) is 5.72. The predicted molar refractivity (Wildman–Crippen MR) is 69.4 cm³/mol. The normalized spacial score (nSPS) is 10.9. The second-order valence-electron chi connectivity index (χ2n) is 3.92. The highest BCUT2D eigenvalue weighted by Crippen LogP contribution is 2.28. The van der Waals surface area contributed by atoms with Gasteiger partial charge in [-0.2, -0.15) is 5.26 Å². The van der Waals surface area contributed by atoms with E-state index in [4.69, 9.17) is 5.26 Å². The van der Waals surface area contributed by atoms with Gasteiger partial charge in [0, 0.05) is 19.0 Å². The predicted octanol–water partition coefficient (Wildman–Crippen LogP) is 1.27. The molecule has 2 N–H and O–H groups in total. The Morgan fingerprint density at radius 3 is 2.70 bits per heavy atom. The quantitative estimate of drug-likeness (QED) is 0.442. The lowest BCUT2D eigenvalue weighted by Gasteiger charge is -2.06. The van der Waals surface area contributed by atoms with Crippen LogP contribution in [0.4, 0.5) is 5.69 Å². The molecule has 0 spiro atoms. The number of nitro benzene ring substituents is 1. The Morgan fingerprint density at radius 2 is 2.10 bits per heavy atom. The summed E-state index contributed by atoms with van der Waals surface area (Å²) < 4.78 is 26.0. The summed E-state index contributed by atoms with van der Waals surface area (Å²) in [5.74, 6) is -0.594. The molecule has 1 aromatic carbocycles. The van der Waals surface area contributed by atoms with Crippen molar-refractivity contribution >= 4 is 15.7 Å². The van der Waals surface area contributed by atoms with E-state index in [0.717, 1.165) is 18.2 Å². The molecule has 0 radical (unpaired) electrons. The number of nitrogens with zero attached hydrogens (tertiary/aromatic N) is 2. The van der Waals surface area contributed by atoms with Gasteiger partial charge < -0.3 is 5.11 Å². The van der Waals surface area contributed by atoms with E-state index in [1.54, 1.807) is 0 Å². The first kappa shape index (κ1) is 15.9. The highest BCUT2D eigenvalue weighted by Gasteiger charge is 2.20. The third-order valence-electron chi connectivity index (χ3n) is 2.46. The number of unbranched alkanes of at least 4 members (excludes halogenated alkanes) is 2. The zero-order chi connectivity index (χ0) is 15.2. The van der Waals surface area contributed by atoms with Gasteiger partial charge in [-0.1, -0.05) is 0 Å². The van der Waals surface area contributed by atoms with Crippen LogP contribution in [0.3, 0.4) is 0 Å². The van der Waals surface area contributed by atoms with Gasteiger partial charge in [-0.05, 0) is 25.0 Å². The van der Waals surface area contributed by atoms with E-state index in [2.05, 4.69) is 4.72 Å². The van der Waals surface area contributed by atoms with Gasteiger partial charge in [0.05, 0.1) is 15.9 Å². The lowest BCUT2D eigenvalue weighted by molar-refractivity contribution is -0.386. The summed E-state index contributed by atoms with van der Waals surface area (Å²) in [5, 5.41) is 28.2. The number of phenolic OH excluding ortho intramolecular Hbond substituents is 1. The molecule has 0 aromatic heterocycles. The van der Waals surface area contributed by atoms with Gasteiger partial charge in [0.2, 0.25) is 10.0 Å². The molecule has 0 bridgehead atoms. The maximum Gasteiger partial charge on any atom is 0.312 e. The van der Waals surface area contributed by atoms with Crippen molar-refractivity contribution in [2.75, 3.05) is 6.54 Å². The maximum atomic E-state index is 11.9. The fourth-order valence-corrected chi connectivity index (χ4v) is 2.53. The third kappa shape index (κ3) is 4.18. The van der Waals surface area contributed by atoms with Crippen LogP contribution >= 0.6 is 0 Å². The zero-order valence-corrected chi connectivity index (χ0v) is 11.3.